The first kappa shape index (κ1) is 21.5. The smallest absolute Gasteiger partial charge is 0.228 e. The monoisotopic (exact) mass is 414 g/mol. The minimum atomic E-state index is -3.35. The van der Waals surface area contributed by atoms with Gasteiger partial charge in [0.15, 0.2) is 0 Å². The highest BCUT2D eigenvalue weighted by molar-refractivity contribution is 7.89. The lowest BCUT2D eigenvalue weighted by molar-refractivity contribution is -0.120. The zero-order valence-electron chi connectivity index (χ0n) is 17.2. The highest BCUT2D eigenvalue weighted by Crippen LogP contribution is 2.24. The summed E-state index contributed by atoms with van der Waals surface area (Å²) in [5, 5.41) is 3.00. The molecule has 29 heavy (non-hydrogen) atoms. The van der Waals surface area contributed by atoms with E-state index in [0.29, 0.717) is 25.8 Å². The Morgan fingerprint density at radius 3 is 2.62 bits per heavy atom. The lowest BCUT2D eigenvalue weighted by atomic mass is 9.98. The fourth-order valence-corrected chi connectivity index (χ4v) is 5.34. The second kappa shape index (κ2) is 9.55. The Hall–Kier alpha value is -2.18. The molecule has 1 atom stereocenters. The summed E-state index contributed by atoms with van der Waals surface area (Å²) < 4.78 is 27.1. The van der Waals surface area contributed by atoms with Crippen LogP contribution < -0.4 is 5.32 Å². The van der Waals surface area contributed by atoms with Gasteiger partial charge in [-0.3, -0.25) is 4.79 Å². The van der Waals surface area contributed by atoms with Crippen LogP contribution in [0.4, 0.5) is 5.69 Å². The number of aryl methyl sites for hydroxylation is 2. The van der Waals surface area contributed by atoms with E-state index in [0.717, 1.165) is 28.8 Å². The van der Waals surface area contributed by atoms with Gasteiger partial charge in [0, 0.05) is 18.8 Å². The van der Waals surface area contributed by atoms with E-state index in [1.54, 1.807) is 0 Å². The van der Waals surface area contributed by atoms with Crippen LogP contribution in [0.25, 0.3) is 0 Å². The van der Waals surface area contributed by atoms with Crippen molar-refractivity contribution in [3.05, 3.63) is 65.2 Å². The Labute approximate surface area is 174 Å². The second-order valence-electron chi connectivity index (χ2n) is 7.84. The van der Waals surface area contributed by atoms with E-state index in [-0.39, 0.29) is 24.1 Å². The molecule has 1 aliphatic rings. The quantitative estimate of drug-likeness (QED) is 0.747. The third-order valence-electron chi connectivity index (χ3n) is 5.72. The topological polar surface area (TPSA) is 66.5 Å². The number of nitrogens with one attached hydrogen (secondary N) is 1. The van der Waals surface area contributed by atoms with Crippen molar-refractivity contribution >= 4 is 21.6 Å². The number of rotatable bonds is 7. The predicted octanol–water partition coefficient (Wildman–Crippen LogP) is 3.92. The van der Waals surface area contributed by atoms with Gasteiger partial charge in [0.2, 0.25) is 15.9 Å². The first-order valence-electron chi connectivity index (χ1n) is 10.3. The van der Waals surface area contributed by atoms with Gasteiger partial charge in [0.05, 0.1) is 11.7 Å². The van der Waals surface area contributed by atoms with Crippen LogP contribution >= 0.6 is 0 Å². The average Bonchev–Trinajstić information content (AvgIpc) is 2.72. The molecule has 1 unspecified atom stereocenters. The number of carbonyl (C=O) groups excluding carboxylic acids is 1. The number of carbonyl (C=O) groups is 1. The molecule has 0 saturated carbocycles. The Morgan fingerprint density at radius 2 is 1.86 bits per heavy atom. The largest absolute Gasteiger partial charge is 0.326 e. The van der Waals surface area contributed by atoms with E-state index in [4.69, 9.17) is 0 Å². The van der Waals surface area contributed by atoms with Crippen LogP contribution in [0.3, 0.4) is 0 Å². The van der Waals surface area contributed by atoms with Crippen LogP contribution in [-0.4, -0.2) is 37.5 Å². The minimum absolute atomic E-state index is 0.0946. The number of benzene rings is 2. The molecule has 0 radical (unpaired) electrons. The zero-order chi connectivity index (χ0) is 20.9. The van der Waals surface area contributed by atoms with Crippen molar-refractivity contribution in [1.82, 2.24) is 4.31 Å². The van der Waals surface area contributed by atoms with Gasteiger partial charge >= 0.3 is 0 Å². The summed E-state index contributed by atoms with van der Waals surface area (Å²) in [4.78, 5) is 12.8. The van der Waals surface area contributed by atoms with Gasteiger partial charge in [-0.2, -0.15) is 0 Å². The van der Waals surface area contributed by atoms with Gasteiger partial charge in [-0.25, -0.2) is 12.7 Å². The summed E-state index contributed by atoms with van der Waals surface area (Å²) >= 11 is 0. The van der Waals surface area contributed by atoms with Crippen molar-refractivity contribution in [3.63, 3.8) is 0 Å². The Morgan fingerprint density at radius 1 is 1.10 bits per heavy atom. The van der Waals surface area contributed by atoms with Crippen molar-refractivity contribution in [2.75, 3.05) is 24.2 Å². The fourth-order valence-electron chi connectivity index (χ4n) is 3.76. The van der Waals surface area contributed by atoms with Crippen molar-refractivity contribution < 1.29 is 13.2 Å². The summed E-state index contributed by atoms with van der Waals surface area (Å²) in [5.41, 5.74) is 4.11. The first-order chi connectivity index (χ1) is 13.9. The molecule has 2 aromatic carbocycles. The highest BCUT2D eigenvalue weighted by Gasteiger charge is 2.32. The summed E-state index contributed by atoms with van der Waals surface area (Å²) in [6.45, 7) is 4.76. The highest BCUT2D eigenvalue weighted by atomic mass is 32.2. The number of nitrogens with zero attached hydrogens (tertiary/aromatic N) is 1. The predicted molar refractivity (Wildman–Crippen MR) is 117 cm³/mol. The summed E-state index contributed by atoms with van der Waals surface area (Å²) in [5.74, 6) is -0.289. The maximum Gasteiger partial charge on any atom is 0.228 e. The molecule has 156 valence electrons. The average molecular weight is 415 g/mol. The summed E-state index contributed by atoms with van der Waals surface area (Å²) in [6, 6.07) is 15.7. The molecule has 0 spiro atoms. The zero-order valence-corrected chi connectivity index (χ0v) is 18.0. The molecule has 1 saturated heterocycles. The van der Waals surface area contributed by atoms with Crippen LogP contribution in [-0.2, 0) is 21.2 Å². The second-order valence-corrected chi connectivity index (χ2v) is 9.93. The molecule has 3 rings (SSSR count). The van der Waals surface area contributed by atoms with E-state index in [2.05, 4.69) is 5.32 Å². The van der Waals surface area contributed by atoms with Gasteiger partial charge in [0.1, 0.15) is 0 Å². The van der Waals surface area contributed by atoms with Crippen LogP contribution in [0, 0.1) is 19.8 Å². The molecular weight excluding hydrogens is 384 g/mol. The molecule has 1 heterocycles. The number of anilines is 1. The molecule has 0 bridgehead atoms. The van der Waals surface area contributed by atoms with Gasteiger partial charge < -0.3 is 5.32 Å². The molecule has 0 aromatic heterocycles. The number of hydrogen-bond acceptors (Lipinski definition) is 3. The lowest BCUT2D eigenvalue weighted by Crippen LogP contribution is -2.44. The van der Waals surface area contributed by atoms with Crippen molar-refractivity contribution in [2.24, 2.45) is 5.92 Å². The summed E-state index contributed by atoms with van der Waals surface area (Å²) in [7, 11) is -3.35. The molecule has 1 aliphatic heterocycles. The molecule has 1 fully saturated rings. The maximum absolute atomic E-state index is 12.8. The lowest BCUT2D eigenvalue weighted by Gasteiger charge is -2.31. The van der Waals surface area contributed by atoms with Crippen LogP contribution in [0.1, 0.15) is 36.0 Å². The van der Waals surface area contributed by atoms with E-state index in [1.807, 2.05) is 62.4 Å². The van der Waals surface area contributed by atoms with Gasteiger partial charge in [-0.05, 0) is 62.3 Å². The number of sulfonamides is 1. The van der Waals surface area contributed by atoms with Gasteiger partial charge in [-0.1, -0.05) is 42.5 Å². The molecule has 2 aromatic rings. The van der Waals surface area contributed by atoms with E-state index in [1.165, 1.54) is 4.31 Å². The normalized spacial score (nSPS) is 17.8. The molecular formula is C23H30N2O3S. The molecule has 6 heteroatoms. The molecule has 1 N–H and O–H groups in total. The van der Waals surface area contributed by atoms with Crippen molar-refractivity contribution in [3.8, 4) is 0 Å². The SMILES string of the molecule is Cc1cccc(NC(=O)C2CCCN(S(=O)(=O)CCCc3ccccc3)C2)c1C. The number of piperidine rings is 1. The third-order valence-corrected chi connectivity index (χ3v) is 7.64. The Kier molecular flexibility index (Phi) is 7.09. The molecule has 0 aliphatic carbocycles. The number of hydrogen-bond donors (Lipinski definition) is 1. The van der Waals surface area contributed by atoms with Crippen molar-refractivity contribution in [1.29, 1.82) is 0 Å². The minimum Gasteiger partial charge on any atom is -0.326 e. The van der Waals surface area contributed by atoms with Crippen LogP contribution in [0.2, 0.25) is 0 Å². The van der Waals surface area contributed by atoms with Crippen molar-refractivity contribution in [2.45, 2.75) is 39.5 Å². The van der Waals surface area contributed by atoms with E-state index < -0.39 is 10.0 Å². The van der Waals surface area contributed by atoms with Crippen LogP contribution in [0.5, 0.6) is 0 Å². The van der Waals surface area contributed by atoms with E-state index >= 15 is 0 Å². The summed E-state index contributed by atoms with van der Waals surface area (Å²) in [6.07, 6.45) is 2.75. The Balaban J connectivity index is 1.57. The fraction of sp³-hybridized carbons (Fsp3) is 0.435. The first-order valence-corrected chi connectivity index (χ1v) is 11.9. The van der Waals surface area contributed by atoms with Crippen LogP contribution in [0.15, 0.2) is 48.5 Å². The standard InChI is InChI=1S/C23H30N2O3S/c1-18-9-6-14-22(19(18)2)24-23(26)21-13-7-15-25(17-21)29(27,28)16-8-12-20-10-4-3-5-11-20/h3-6,9-11,14,21H,7-8,12-13,15-17H2,1-2H3,(H,24,26). The molecule has 5 nitrogen and oxygen atoms in total. The van der Waals surface area contributed by atoms with E-state index in [9.17, 15) is 13.2 Å². The van der Waals surface area contributed by atoms with Gasteiger partial charge in [-0.15, -0.1) is 0 Å². The molecule has 1 amide bonds. The Bertz CT molecular complexity index is 942. The third kappa shape index (κ3) is 5.67. The number of amides is 1. The van der Waals surface area contributed by atoms with Gasteiger partial charge in [0.25, 0.3) is 0 Å². The maximum atomic E-state index is 12.8.